The van der Waals surface area contributed by atoms with Crippen molar-refractivity contribution in [3.05, 3.63) is 154 Å². The average molecular weight is 833 g/mol. The quantitative estimate of drug-likeness (QED) is 0.0941. The van der Waals surface area contributed by atoms with E-state index in [1.807, 2.05) is 0 Å². The van der Waals surface area contributed by atoms with Crippen LogP contribution >= 0.6 is 45.9 Å². The van der Waals surface area contributed by atoms with Crippen molar-refractivity contribution in [1.29, 1.82) is 0 Å². The summed E-state index contributed by atoms with van der Waals surface area (Å²) in [6.07, 6.45) is 0. The Kier molecular flexibility index (Phi) is 11.2. The van der Waals surface area contributed by atoms with Gasteiger partial charge in [-0.1, -0.05) is 107 Å². The first-order chi connectivity index (χ1) is 24.6. The Hall–Kier alpha value is -2.82. The Labute approximate surface area is 334 Å². The monoisotopic (exact) mass is 830 g/mol. The molecule has 0 amide bonds. The van der Waals surface area contributed by atoms with E-state index in [2.05, 4.69) is 160 Å². The van der Waals surface area contributed by atoms with Crippen LogP contribution in [0.3, 0.4) is 0 Å². The van der Waals surface area contributed by atoms with Crippen molar-refractivity contribution in [3.63, 3.8) is 0 Å². The number of hydrogen-bond acceptors (Lipinski definition) is 2. The molecule has 0 aliphatic carbocycles. The maximum atomic E-state index is 5.70. The van der Waals surface area contributed by atoms with Gasteiger partial charge < -0.3 is 0 Å². The first kappa shape index (κ1) is 36.5. The standard InChI is InChI=1S/2C21H17S.C3H4Cl2Si.Zr/c2*1-14-11-17-12-18(20-9-6-10-22-20)13-19(17)21(15(14)2)16-7-4-3-5-8-16;4-3(5)1-6-2-3;/h2*3-13H,1-2H3;1-2H2;/q2*-1;;+2. The summed E-state index contributed by atoms with van der Waals surface area (Å²) in [6.45, 7) is 8.88. The third-order valence-electron chi connectivity index (χ3n) is 9.74. The number of alkyl halides is 2. The molecule has 1 aliphatic heterocycles. The van der Waals surface area contributed by atoms with Crippen LogP contribution in [0.15, 0.2) is 132 Å². The van der Waals surface area contributed by atoms with Gasteiger partial charge in [-0.2, -0.15) is 22.7 Å². The van der Waals surface area contributed by atoms with Crippen LogP contribution < -0.4 is 0 Å². The Bertz CT molecular complexity index is 2270. The van der Waals surface area contributed by atoms with Crippen molar-refractivity contribution in [2.45, 2.75) is 44.1 Å². The van der Waals surface area contributed by atoms with Gasteiger partial charge in [-0.15, -0.1) is 69.1 Å². The third kappa shape index (κ3) is 8.08. The van der Waals surface area contributed by atoms with Crippen molar-refractivity contribution in [2.75, 3.05) is 0 Å². The van der Waals surface area contributed by atoms with E-state index < -0.39 is 0 Å². The molecule has 0 N–H and O–H groups in total. The molecule has 1 aliphatic rings. The summed E-state index contributed by atoms with van der Waals surface area (Å²) in [5, 5.41) is 9.68. The normalized spacial score (nSPS) is 13.4. The molecule has 3 heterocycles. The van der Waals surface area contributed by atoms with Crippen LogP contribution in [-0.4, -0.2) is 9.77 Å². The van der Waals surface area contributed by atoms with Gasteiger partial charge in [-0.05, 0) is 70.5 Å². The molecule has 0 nitrogen and oxygen atoms in total. The molecule has 51 heavy (non-hydrogen) atoms. The fourth-order valence-electron chi connectivity index (χ4n) is 6.90. The third-order valence-corrected chi connectivity index (χ3v) is 17.7. The number of aryl methyl sites for hydroxylation is 2. The Morgan fingerprint density at radius 3 is 1.31 bits per heavy atom. The zero-order chi connectivity index (χ0) is 35.7. The van der Waals surface area contributed by atoms with Crippen LogP contribution in [0.2, 0.25) is 12.1 Å². The maximum absolute atomic E-state index is 5.70. The van der Waals surface area contributed by atoms with Gasteiger partial charge in [0, 0.05) is 0 Å². The van der Waals surface area contributed by atoms with E-state index in [0.29, 0.717) is 0 Å². The van der Waals surface area contributed by atoms with Gasteiger partial charge in [0.1, 0.15) is 0 Å². The number of rotatable bonds is 4. The van der Waals surface area contributed by atoms with Crippen LogP contribution in [0.1, 0.15) is 22.3 Å². The number of hydrogen-bond donors (Lipinski definition) is 0. The van der Waals surface area contributed by atoms with Gasteiger partial charge in [-0.3, -0.25) is 0 Å². The van der Waals surface area contributed by atoms with Crippen molar-refractivity contribution in [3.8, 4) is 43.1 Å². The van der Waals surface area contributed by atoms with E-state index in [1.165, 1.54) is 86.9 Å². The fraction of sp³-hybridized carbons (Fsp3) is 0.156. The molecule has 0 spiro atoms. The van der Waals surface area contributed by atoms with Crippen LogP contribution in [0.5, 0.6) is 0 Å². The first-order valence-corrected chi connectivity index (χ1v) is 25.2. The summed E-state index contributed by atoms with van der Waals surface area (Å²) in [5.74, 6) is 0. The van der Waals surface area contributed by atoms with Crippen molar-refractivity contribution in [1.82, 2.24) is 0 Å². The van der Waals surface area contributed by atoms with Crippen molar-refractivity contribution < 1.29 is 23.3 Å². The molecule has 252 valence electrons. The molecule has 8 aromatic rings. The Balaban J connectivity index is 0.000000134. The van der Waals surface area contributed by atoms with Gasteiger partial charge in [0.05, 0.1) is 0 Å². The molecule has 1 fully saturated rings. The van der Waals surface area contributed by atoms with E-state index in [1.54, 1.807) is 46.0 Å². The number of thiophene rings is 2. The van der Waals surface area contributed by atoms with E-state index in [4.69, 9.17) is 23.2 Å². The Morgan fingerprint density at radius 1 is 0.588 bits per heavy atom. The molecule has 9 rings (SSSR count). The predicted octanol–water partition coefficient (Wildman–Crippen LogP) is 14.9. The molecule has 0 saturated carbocycles. The molecule has 1 saturated heterocycles. The zero-order valence-corrected chi connectivity index (χ0v) is 35.8. The summed E-state index contributed by atoms with van der Waals surface area (Å²) in [5.41, 5.74) is 13.5. The van der Waals surface area contributed by atoms with Gasteiger partial charge in [0.2, 0.25) is 0 Å². The zero-order valence-electron chi connectivity index (χ0n) is 29.2. The molecule has 0 unspecified atom stereocenters. The molecule has 0 bridgehead atoms. The molecular weight excluding hydrogens is 795 g/mol. The second kappa shape index (κ2) is 15.7. The first-order valence-electron chi connectivity index (χ1n) is 17.1. The summed E-state index contributed by atoms with van der Waals surface area (Å²) in [4.78, 5) is 2.68. The number of fused-ring (bicyclic) bond motifs is 2. The predicted molar refractivity (Wildman–Crippen MR) is 225 cm³/mol. The SMILES string of the molecule is Cc1cc2[cH-]c(-c3cccs3)cc2c(-c2ccccc2)c1C.Cc1cc2[cH-]c(-c3cccs3)cc2c(-c2ccccc2)c1C.ClC1(Cl)C[Si](=[Zr+2])C1. The summed E-state index contributed by atoms with van der Waals surface area (Å²) in [7, 11) is 0. The minimum absolute atomic E-state index is 0.0262. The van der Waals surface area contributed by atoms with Crippen LogP contribution in [0.4, 0.5) is 0 Å². The summed E-state index contributed by atoms with van der Waals surface area (Å²) >= 11 is 16.7. The minimum atomic E-state index is -0.294. The molecule has 0 radical (unpaired) electrons. The number of halogens is 2. The van der Waals surface area contributed by atoms with Crippen LogP contribution in [0, 0.1) is 27.7 Å². The summed E-state index contributed by atoms with van der Waals surface area (Å²) < 4.78 is -0.294. The van der Waals surface area contributed by atoms with Gasteiger partial charge >= 0.3 is 68.4 Å². The van der Waals surface area contributed by atoms with Crippen molar-refractivity contribution in [2.24, 2.45) is 0 Å². The summed E-state index contributed by atoms with van der Waals surface area (Å²) in [6, 6.07) is 46.3. The molecule has 0 atom stereocenters. The van der Waals surface area contributed by atoms with Crippen molar-refractivity contribution >= 4 is 72.9 Å². The van der Waals surface area contributed by atoms with Gasteiger partial charge in [0.15, 0.2) is 0 Å². The van der Waals surface area contributed by atoms with Gasteiger partial charge in [0.25, 0.3) is 0 Å². The molecule has 2 aromatic heterocycles. The average Bonchev–Trinajstić information content (AvgIpc) is 3.94. The Morgan fingerprint density at radius 2 is 1.00 bits per heavy atom. The van der Waals surface area contributed by atoms with Crippen LogP contribution in [0.25, 0.3) is 64.7 Å². The molecule has 6 heteroatoms. The topological polar surface area (TPSA) is 0 Å². The second-order valence-electron chi connectivity index (χ2n) is 13.4. The van der Waals surface area contributed by atoms with Crippen LogP contribution in [-0.2, 0) is 23.3 Å². The van der Waals surface area contributed by atoms with E-state index in [-0.39, 0.29) is 9.77 Å². The number of benzene rings is 4. The van der Waals surface area contributed by atoms with Gasteiger partial charge in [-0.25, -0.2) is 0 Å². The van der Waals surface area contributed by atoms with E-state index >= 15 is 0 Å². The molecular formula is C45H38Cl2S2SiZr. The second-order valence-corrected chi connectivity index (χ2v) is 24.0. The van der Waals surface area contributed by atoms with E-state index in [9.17, 15) is 0 Å². The van der Waals surface area contributed by atoms with E-state index in [0.717, 1.165) is 12.1 Å². The molecule has 6 aromatic carbocycles. The fourth-order valence-corrected chi connectivity index (χ4v) is 19.2.